The Morgan fingerprint density at radius 2 is 2.00 bits per heavy atom. The van der Waals surface area contributed by atoms with Crippen molar-refractivity contribution in [3.63, 3.8) is 0 Å². The van der Waals surface area contributed by atoms with Gasteiger partial charge in [0, 0.05) is 18.7 Å². The number of nitrogens with one attached hydrogen (secondary N) is 1. The Labute approximate surface area is 145 Å². The molecule has 1 fully saturated rings. The summed E-state index contributed by atoms with van der Waals surface area (Å²) >= 11 is 0. The van der Waals surface area contributed by atoms with Crippen molar-refractivity contribution in [2.24, 2.45) is 0 Å². The lowest BCUT2D eigenvalue weighted by Crippen LogP contribution is -2.24. The van der Waals surface area contributed by atoms with E-state index in [9.17, 15) is 19.1 Å². The van der Waals surface area contributed by atoms with Crippen molar-refractivity contribution in [1.29, 1.82) is 0 Å². The third kappa shape index (κ3) is 4.03. The van der Waals surface area contributed by atoms with E-state index in [0.29, 0.717) is 24.9 Å². The zero-order valence-electron chi connectivity index (χ0n) is 13.6. The van der Waals surface area contributed by atoms with Gasteiger partial charge in [-0.2, -0.15) is 0 Å². The maximum Gasteiger partial charge on any atom is 0.227 e. The average Bonchev–Trinajstić information content (AvgIpc) is 3.01. The van der Waals surface area contributed by atoms with Crippen LogP contribution >= 0.6 is 0 Å². The van der Waals surface area contributed by atoms with E-state index >= 15 is 0 Å². The SMILES string of the molecule is O=C(CC(O)c1ccccc1)Nc1ccc(N2CCCC2=O)c(F)c1. The van der Waals surface area contributed by atoms with Gasteiger partial charge in [0.2, 0.25) is 11.8 Å². The number of hydrogen-bond donors (Lipinski definition) is 2. The molecule has 25 heavy (non-hydrogen) atoms. The molecule has 6 heteroatoms. The highest BCUT2D eigenvalue weighted by molar-refractivity contribution is 5.96. The summed E-state index contributed by atoms with van der Waals surface area (Å²) in [5.74, 6) is -1.07. The number of anilines is 2. The van der Waals surface area contributed by atoms with E-state index in [1.165, 1.54) is 17.0 Å². The number of aliphatic hydroxyl groups is 1. The number of rotatable bonds is 5. The summed E-state index contributed by atoms with van der Waals surface area (Å²) in [4.78, 5) is 25.2. The Morgan fingerprint density at radius 1 is 1.24 bits per heavy atom. The molecular weight excluding hydrogens is 323 g/mol. The third-order valence-electron chi connectivity index (χ3n) is 4.16. The van der Waals surface area contributed by atoms with Crippen LogP contribution < -0.4 is 10.2 Å². The van der Waals surface area contributed by atoms with Crippen molar-refractivity contribution in [3.8, 4) is 0 Å². The lowest BCUT2D eigenvalue weighted by Gasteiger charge is -2.17. The molecule has 1 aliphatic rings. The van der Waals surface area contributed by atoms with E-state index in [2.05, 4.69) is 5.32 Å². The van der Waals surface area contributed by atoms with Gasteiger partial charge in [-0.3, -0.25) is 9.59 Å². The molecule has 2 aromatic rings. The summed E-state index contributed by atoms with van der Waals surface area (Å²) in [5, 5.41) is 12.6. The molecule has 2 amide bonds. The topological polar surface area (TPSA) is 69.6 Å². The largest absolute Gasteiger partial charge is 0.388 e. The molecule has 5 nitrogen and oxygen atoms in total. The molecule has 0 aliphatic carbocycles. The number of carbonyl (C=O) groups excluding carboxylic acids is 2. The molecule has 0 bridgehead atoms. The van der Waals surface area contributed by atoms with Crippen molar-refractivity contribution in [2.75, 3.05) is 16.8 Å². The van der Waals surface area contributed by atoms with Crippen LogP contribution in [0.15, 0.2) is 48.5 Å². The predicted octanol–water partition coefficient (Wildman–Crippen LogP) is 3.01. The highest BCUT2D eigenvalue weighted by Gasteiger charge is 2.24. The molecule has 0 saturated carbocycles. The van der Waals surface area contributed by atoms with E-state index in [1.807, 2.05) is 6.07 Å². The highest BCUT2D eigenvalue weighted by atomic mass is 19.1. The smallest absolute Gasteiger partial charge is 0.227 e. The second-order valence-corrected chi connectivity index (χ2v) is 5.99. The first kappa shape index (κ1) is 17.1. The third-order valence-corrected chi connectivity index (χ3v) is 4.16. The summed E-state index contributed by atoms with van der Waals surface area (Å²) in [7, 11) is 0. The van der Waals surface area contributed by atoms with Gasteiger partial charge >= 0.3 is 0 Å². The van der Waals surface area contributed by atoms with Crippen molar-refractivity contribution in [2.45, 2.75) is 25.4 Å². The molecule has 1 saturated heterocycles. The summed E-state index contributed by atoms with van der Waals surface area (Å²) < 4.78 is 14.3. The maximum atomic E-state index is 14.3. The van der Waals surface area contributed by atoms with Crippen LogP contribution in [0.2, 0.25) is 0 Å². The van der Waals surface area contributed by atoms with Crippen LogP contribution in [-0.4, -0.2) is 23.5 Å². The van der Waals surface area contributed by atoms with Gasteiger partial charge in [0.25, 0.3) is 0 Å². The van der Waals surface area contributed by atoms with Gasteiger partial charge < -0.3 is 15.3 Å². The molecule has 1 unspecified atom stereocenters. The van der Waals surface area contributed by atoms with E-state index in [4.69, 9.17) is 0 Å². The van der Waals surface area contributed by atoms with Crippen molar-refractivity contribution in [1.82, 2.24) is 0 Å². The molecule has 1 aliphatic heterocycles. The minimum Gasteiger partial charge on any atom is -0.388 e. The zero-order chi connectivity index (χ0) is 17.8. The molecule has 3 rings (SSSR count). The van der Waals surface area contributed by atoms with Gasteiger partial charge in [-0.25, -0.2) is 4.39 Å². The van der Waals surface area contributed by atoms with Crippen LogP contribution in [0.1, 0.15) is 30.9 Å². The molecular formula is C19H19FN2O3. The number of nitrogens with zero attached hydrogens (tertiary/aromatic N) is 1. The number of amides is 2. The Hall–Kier alpha value is -2.73. The first-order valence-electron chi connectivity index (χ1n) is 8.17. The lowest BCUT2D eigenvalue weighted by molar-refractivity contribution is -0.118. The number of aliphatic hydroxyl groups excluding tert-OH is 1. The molecule has 0 spiro atoms. The van der Waals surface area contributed by atoms with E-state index in [-0.39, 0.29) is 23.7 Å². The standard InChI is InChI=1S/C19H19FN2O3/c20-15-11-14(8-9-16(15)22-10-4-7-19(22)25)21-18(24)12-17(23)13-5-2-1-3-6-13/h1-3,5-6,8-9,11,17,23H,4,7,10,12H2,(H,21,24). The van der Waals surface area contributed by atoms with Crippen molar-refractivity contribution in [3.05, 3.63) is 59.9 Å². The monoisotopic (exact) mass is 342 g/mol. The molecule has 1 heterocycles. The summed E-state index contributed by atoms with van der Waals surface area (Å²) in [6, 6.07) is 13.1. The van der Waals surface area contributed by atoms with Gasteiger partial charge in [-0.05, 0) is 30.2 Å². The van der Waals surface area contributed by atoms with Crippen LogP contribution in [0.4, 0.5) is 15.8 Å². The molecule has 0 radical (unpaired) electrons. The van der Waals surface area contributed by atoms with Gasteiger partial charge in [0.05, 0.1) is 18.2 Å². The van der Waals surface area contributed by atoms with Gasteiger partial charge in [-0.1, -0.05) is 30.3 Å². The van der Waals surface area contributed by atoms with Crippen LogP contribution in [0.25, 0.3) is 0 Å². The number of hydrogen-bond acceptors (Lipinski definition) is 3. The fraction of sp³-hybridized carbons (Fsp3) is 0.263. The zero-order valence-corrected chi connectivity index (χ0v) is 13.6. The average molecular weight is 342 g/mol. The summed E-state index contributed by atoms with van der Waals surface area (Å²) in [6.45, 7) is 0.505. The van der Waals surface area contributed by atoms with Crippen LogP contribution in [0.3, 0.4) is 0 Å². The van der Waals surface area contributed by atoms with Crippen molar-refractivity contribution < 1.29 is 19.1 Å². The summed E-state index contributed by atoms with van der Waals surface area (Å²) in [5.41, 5.74) is 1.16. The molecule has 2 aromatic carbocycles. The van der Waals surface area contributed by atoms with Gasteiger partial charge in [0.15, 0.2) is 0 Å². The Balaban J connectivity index is 1.64. The molecule has 0 aromatic heterocycles. The minimum atomic E-state index is -0.924. The molecule has 2 N–H and O–H groups in total. The first-order valence-corrected chi connectivity index (χ1v) is 8.17. The van der Waals surface area contributed by atoms with Gasteiger partial charge in [-0.15, -0.1) is 0 Å². The van der Waals surface area contributed by atoms with E-state index in [0.717, 1.165) is 0 Å². The quantitative estimate of drug-likeness (QED) is 0.877. The predicted molar refractivity (Wildman–Crippen MR) is 92.6 cm³/mol. The Kier molecular flexibility index (Phi) is 5.09. The van der Waals surface area contributed by atoms with E-state index in [1.54, 1.807) is 30.3 Å². The second kappa shape index (κ2) is 7.44. The fourth-order valence-electron chi connectivity index (χ4n) is 2.89. The fourth-order valence-corrected chi connectivity index (χ4v) is 2.89. The lowest BCUT2D eigenvalue weighted by atomic mass is 10.1. The minimum absolute atomic E-state index is 0.0957. The van der Waals surface area contributed by atoms with Crippen molar-refractivity contribution >= 4 is 23.2 Å². The normalized spacial score (nSPS) is 15.3. The Morgan fingerprint density at radius 3 is 2.64 bits per heavy atom. The Bertz CT molecular complexity index is 779. The maximum absolute atomic E-state index is 14.3. The first-order chi connectivity index (χ1) is 12.0. The molecule has 1 atom stereocenters. The van der Waals surface area contributed by atoms with Crippen LogP contribution in [0, 0.1) is 5.82 Å². The summed E-state index contributed by atoms with van der Waals surface area (Å²) in [6.07, 6.45) is 0.0917. The molecule has 130 valence electrons. The van der Waals surface area contributed by atoms with Crippen LogP contribution in [-0.2, 0) is 9.59 Å². The highest BCUT2D eigenvalue weighted by Crippen LogP contribution is 2.27. The van der Waals surface area contributed by atoms with E-state index < -0.39 is 17.8 Å². The number of carbonyl (C=O) groups is 2. The van der Waals surface area contributed by atoms with Gasteiger partial charge in [0.1, 0.15) is 5.82 Å². The number of halogens is 1. The second-order valence-electron chi connectivity index (χ2n) is 5.99. The van der Waals surface area contributed by atoms with Crippen LogP contribution in [0.5, 0.6) is 0 Å². The number of benzene rings is 2.